The lowest BCUT2D eigenvalue weighted by molar-refractivity contribution is 0.494. The molecule has 4 nitrogen and oxygen atoms in total. The Labute approximate surface area is 179 Å². The highest BCUT2D eigenvalue weighted by atomic mass is 35.5. The van der Waals surface area contributed by atoms with E-state index in [0.717, 1.165) is 11.3 Å². The van der Waals surface area contributed by atoms with E-state index >= 15 is 0 Å². The third-order valence-corrected chi connectivity index (χ3v) is 5.20. The number of rotatable bonds is 6. The van der Waals surface area contributed by atoms with Gasteiger partial charge in [-0.1, -0.05) is 61.8 Å². The van der Waals surface area contributed by atoms with Gasteiger partial charge in [0.1, 0.15) is 11.9 Å². The van der Waals surface area contributed by atoms with E-state index in [1.54, 1.807) is 6.07 Å². The van der Waals surface area contributed by atoms with E-state index in [4.69, 9.17) is 16.0 Å². The molecule has 3 aromatic carbocycles. The largest absolute Gasteiger partial charge is 0.418 e. The molecule has 0 saturated carbocycles. The van der Waals surface area contributed by atoms with E-state index in [-0.39, 0.29) is 5.02 Å². The van der Waals surface area contributed by atoms with Crippen molar-refractivity contribution in [1.29, 1.82) is 0 Å². The van der Waals surface area contributed by atoms with Crippen LogP contribution in [0.15, 0.2) is 77.2 Å². The molecule has 0 fully saturated rings. The first-order valence-corrected chi connectivity index (χ1v) is 10.1. The second-order valence-corrected chi connectivity index (χ2v) is 7.74. The molecule has 30 heavy (non-hydrogen) atoms. The van der Waals surface area contributed by atoms with E-state index in [0.29, 0.717) is 23.3 Å². The number of hydrogen-bond donors (Lipinski definition) is 1. The van der Waals surface area contributed by atoms with Gasteiger partial charge in [0.2, 0.25) is 11.8 Å². The Morgan fingerprint density at radius 3 is 2.33 bits per heavy atom. The molecule has 6 heteroatoms. The smallest absolute Gasteiger partial charge is 0.247 e. The fourth-order valence-electron chi connectivity index (χ4n) is 3.19. The average molecular weight is 422 g/mol. The number of nitrogens with one attached hydrogen (secondary N) is 1. The zero-order chi connectivity index (χ0) is 21.1. The van der Waals surface area contributed by atoms with E-state index in [2.05, 4.69) is 41.5 Å². The molecule has 1 N–H and O–H groups in total. The van der Waals surface area contributed by atoms with Crippen molar-refractivity contribution in [3.05, 3.63) is 101 Å². The number of anilines is 1. The van der Waals surface area contributed by atoms with Crippen LogP contribution in [0, 0.1) is 5.82 Å². The van der Waals surface area contributed by atoms with E-state index in [9.17, 15) is 4.39 Å². The van der Waals surface area contributed by atoms with Crippen molar-refractivity contribution in [2.45, 2.75) is 25.8 Å². The average Bonchev–Trinajstić information content (AvgIpc) is 3.23. The van der Waals surface area contributed by atoms with Crippen molar-refractivity contribution >= 4 is 17.3 Å². The molecule has 4 aromatic rings. The molecule has 1 heterocycles. The molecule has 0 radical (unpaired) electrons. The molecule has 0 aliphatic carbocycles. The summed E-state index contributed by atoms with van der Waals surface area (Å²) in [5.74, 6) is 0.783. The number of aromatic nitrogens is 2. The molecule has 152 valence electrons. The highest BCUT2D eigenvalue weighted by molar-refractivity contribution is 6.31. The predicted octanol–water partition coefficient (Wildman–Crippen LogP) is 6.85. The lowest BCUT2D eigenvalue weighted by Crippen LogP contribution is -2.13. The zero-order valence-electron chi connectivity index (χ0n) is 16.6. The molecule has 0 saturated heterocycles. The van der Waals surface area contributed by atoms with Crippen LogP contribution in [0.25, 0.3) is 11.5 Å². The summed E-state index contributed by atoms with van der Waals surface area (Å²) < 4.78 is 19.6. The lowest BCUT2D eigenvalue weighted by atomic mass is 10.0. The van der Waals surface area contributed by atoms with Crippen molar-refractivity contribution in [1.82, 2.24) is 10.2 Å². The molecule has 1 atom stereocenters. The molecule has 0 bridgehead atoms. The quantitative estimate of drug-likeness (QED) is 0.369. The minimum Gasteiger partial charge on any atom is -0.418 e. The van der Waals surface area contributed by atoms with Gasteiger partial charge in [0.25, 0.3) is 0 Å². The van der Waals surface area contributed by atoms with Crippen LogP contribution in [0.5, 0.6) is 0 Å². The summed E-state index contributed by atoms with van der Waals surface area (Å²) in [6, 6.07) is 21.4. The monoisotopic (exact) mass is 421 g/mol. The summed E-state index contributed by atoms with van der Waals surface area (Å²) in [6.07, 6.45) is 0. The Morgan fingerprint density at radius 1 is 0.933 bits per heavy atom. The Kier molecular flexibility index (Phi) is 5.81. The molecular weight excluding hydrogens is 401 g/mol. The fraction of sp³-hybridized carbons (Fsp3) is 0.167. The molecule has 0 aliphatic heterocycles. The molecule has 0 aliphatic rings. The van der Waals surface area contributed by atoms with Crippen molar-refractivity contribution in [3.8, 4) is 11.5 Å². The predicted molar refractivity (Wildman–Crippen MR) is 117 cm³/mol. The first-order valence-electron chi connectivity index (χ1n) is 9.71. The standard InChI is InChI=1S/C24H21ClFN3O/c1-15(2)16-8-11-19(12-9-16)27-22(20-13-10-18(26)14-21(20)25)24-29-28-23(30-24)17-6-4-3-5-7-17/h3-15,22,27H,1-2H3/t22-/m0/s1. The Balaban J connectivity index is 1.71. The van der Waals surface area contributed by atoms with Crippen LogP contribution in [0.1, 0.15) is 42.8 Å². The van der Waals surface area contributed by atoms with Crippen molar-refractivity contribution < 1.29 is 8.81 Å². The van der Waals surface area contributed by atoms with Gasteiger partial charge in [0, 0.05) is 21.8 Å². The number of hydrogen-bond acceptors (Lipinski definition) is 4. The topological polar surface area (TPSA) is 51.0 Å². The van der Waals surface area contributed by atoms with Gasteiger partial charge in [-0.15, -0.1) is 10.2 Å². The summed E-state index contributed by atoms with van der Waals surface area (Å²) in [5.41, 5.74) is 3.57. The second kappa shape index (κ2) is 8.67. The Hall–Kier alpha value is -3.18. The summed E-state index contributed by atoms with van der Waals surface area (Å²) in [7, 11) is 0. The van der Waals surface area contributed by atoms with Crippen molar-refractivity contribution in [3.63, 3.8) is 0 Å². The van der Waals surface area contributed by atoms with Gasteiger partial charge in [0.15, 0.2) is 0 Å². The molecule has 4 rings (SSSR count). The maximum absolute atomic E-state index is 13.6. The van der Waals surface area contributed by atoms with Crippen LogP contribution in [0.2, 0.25) is 5.02 Å². The van der Waals surface area contributed by atoms with E-state index < -0.39 is 11.9 Å². The summed E-state index contributed by atoms with van der Waals surface area (Å²) in [4.78, 5) is 0. The lowest BCUT2D eigenvalue weighted by Gasteiger charge is -2.19. The molecule has 1 aromatic heterocycles. The van der Waals surface area contributed by atoms with Gasteiger partial charge < -0.3 is 9.73 Å². The minimum atomic E-state index is -0.534. The SMILES string of the molecule is CC(C)c1ccc(N[C@H](c2nnc(-c3ccccc3)o2)c2ccc(F)cc2Cl)cc1. The maximum Gasteiger partial charge on any atom is 0.247 e. The maximum atomic E-state index is 13.6. The van der Waals surface area contributed by atoms with Crippen molar-refractivity contribution in [2.24, 2.45) is 0 Å². The Morgan fingerprint density at radius 2 is 1.67 bits per heavy atom. The van der Waals surface area contributed by atoms with Gasteiger partial charge in [-0.05, 0) is 47.9 Å². The van der Waals surface area contributed by atoms with Gasteiger partial charge in [-0.25, -0.2) is 4.39 Å². The van der Waals surface area contributed by atoms with Crippen LogP contribution < -0.4 is 5.32 Å². The van der Waals surface area contributed by atoms with E-state index in [1.807, 2.05) is 42.5 Å². The Bertz CT molecular complexity index is 1130. The third kappa shape index (κ3) is 4.36. The minimum absolute atomic E-state index is 0.283. The fourth-order valence-corrected chi connectivity index (χ4v) is 3.46. The van der Waals surface area contributed by atoms with Gasteiger partial charge in [-0.3, -0.25) is 0 Å². The number of benzene rings is 3. The molecule has 0 spiro atoms. The second-order valence-electron chi connectivity index (χ2n) is 7.33. The molecule has 0 amide bonds. The summed E-state index contributed by atoms with van der Waals surface area (Å²) >= 11 is 6.36. The van der Waals surface area contributed by atoms with Crippen LogP contribution in [0.4, 0.5) is 10.1 Å². The van der Waals surface area contributed by atoms with Crippen molar-refractivity contribution in [2.75, 3.05) is 5.32 Å². The van der Waals surface area contributed by atoms with Crippen LogP contribution in [0.3, 0.4) is 0 Å². The van der Waals surface area contributed by atoms with Gasteiger partial charge >= 0.3 is 0 Å². The first-order chi connectivity index (χ1) is 14.5. The zero-order valence-corrected chi connectivity index (χ0v) is 17.4. The number of halogens is 2. The normalized spacial score (nSPS) is 12.2. The highest BCUT2D eigenvalue weighted by Crippen LogP contribution is 2.33. The van der Waals surface area contributed by atoms with Gasteiger partial charge in [-0.2, -0.15) is 0 Å². The van der Waals surface area contributed by atoms with E-state index in [1.165, 1.54) is 17.7 Å². The number of nitrogens with zero attached hydrogens (tertiary/aromatic N) is 2. The third-order valence-electron chi connectivity index (χ3n) is 4.87. The molecule has 0 unspecified atom stereocenters. The highest BCUT2D eigenvalue weighted by Gasteiger charge is 2.24. The van der Waals surface area contributed by atoms with Crippen LogP contribution >= 0.6 is 11.6 Å². The molecular formula is C24H21ClFN3O. The van der Waals surface area contributed by atoms with Gasteiger partial charge in [0.05, 0.1) is 0 Å². The van der Waals surface area contributed by atoms with Crippen LogP contribution in [-0.2, 0) is 0 Å². The summed E-state index contributed by atoms with van der Waals surface area (Å²) in [5, 5.41) is 12.1. The first kappa shape index (κ1) is 20.1. The van der Waals surface area contributed by atoms with Crippen LogP contribution in [-0.4, -0.2) is 10.2 Å². The summed E-state index contributed by atoms with van der Waals surface area (Å²) in [6.45, 7) is 4.29.